The second-order valence-electron chi connectivity index (χ2n) is 5.84. The molecule has 0 aliphatic carbocycles. The Balaban J connectivity index is 1.93. The molecule has 0 aromatic rings. The highest BCUT2D eigenvalue weighted by Gasteiger charge is 2.37. The molecule has 0 spiro atoms. The maximum atomic E-state index is 12.3. The Hall–Kier alpha value is -0.420. The van der Waals surface area contributed by atoms with Crippen LogP contribution >= 0.6 is 0 Å². The van der Waals surface area contributed by atoms with Crippen LogP contribution in [0.2, 0.25) is 0 Å². The van der Waals surface area contributed by atoms with Gasteiger partial charge in [0.15, 0.2) is 0 Å². The largest absolute Gasteiger partial charge is 0.378 e. The monoisotopic (exact) mass is 273 g/mol. The van der Waals surface area contributed by atoms with E-state index in [-0.39, 0.29) is 17.6 Å². The van der Waals surface area contributed by atoms with Gasteiger partial charge in [-0.15, -0.1) is 0 Å². The van der Waals surface area contributed by atoms with Crippen LogP contribution in [-0.4, -0.2) is 51.3 Å². The summed E-state index contributed by atoms with van der Waals surface area (Å²) >= 11 is 0. The van der Waals surface area contributed by atoms with Gasteiger partial charge in [-0.1, -0.05) is 0 Å². The Bertz CT molecular complexity index is 337. The molecule has 0 bridgehead atoms. The molecule has 0 saturated carbocycles. The molecule has 2 atom stereocenters. The summed E-state index contributed by atoms with van der Waals surface area (Å²) in [7, 11) is -0.779. The summed E-state index contributed by atoms with van der Waals surface area (Å²) in [4.78, 5) is 14.2. The first kappa shape index (κ1) is 14.0. The van der Waals surface area contributed by atoms with E-state index < -0.39 is 10.8 Å². The van der Waals surface area contributed by atoms with Crippen LogP contribution in [0, 0.1) is 0 Å². The highest BCUT2D eigenvalue weighted by Crippen LogP contribution is 2.24. The summed E-state index contributed by atoms with van der Waals surface area (Å²) in [5.74, 6) is 1.36. The molecule has 2 aliphatic rings. The second kappa shape index (κ2) is 5.70. The van der Waals surface area contributed by atoms with Crippen molar-refractivity contribution in [1.82, 2.24) is 4.90 Å². The van der Waals surface area contributed by atoms with Gasteiger partial charge in [0.1, 0.15) is 0 Å². The highest BCUT2D eigenvalue weighted by atomic mass is 32.2. The summed E-state index contributed by atoms with van der Waals surface area (Å²) in [6.45, 7) is 5.41. The topological polar surface area (TPSA) is 46.6 Å². The fraction of sp³-hybridized carbons (Fsp3) is 0.923. The van der Waals surface area contributed by atoms with Crippen molar-refractivity contribution in [3.8, 4) is 0 Å². The predicted molar refractivity (Wildman–Crippen MR) is 71.9 cm³/mol. The Morgan fingerprint density at radius 3 is 2.83 bits per heavy atom. The van der Waals surface area contributed by atoms with Gasteiger partial charge >= 0.3 is 0 Å². The number of amides is 1. The Morgan fingerprint density at radius 1 is 1.44 bits per heavy atom. The molecule has 4 nitrogen and oxygen atoms in total. The number of nitrogens with zero attached hydrogens (tertiary/aromatic N) is 1. The third-order valence-corrected chi connectivity index (χ3v) is 5.43. The van der Waals surface area contributed by atoms with E-state index in [0.29, 0.717) is 24.5 Å². The van der Waals surface area contributed by atoms with Gasteiger partial charge in [0.2, 0.25) is 5.91 Å². The van der Waals surface area contributed by atoms with Crippen molar-refractivity contribution >= 4 is 16.7 Å². The van der Waals surface area contributed by atoms with Crippen LogP contribution in [0.25, 0.3) is 0 Å². The first-order valence-corrected chi connectivity index (χ1v) is 8.25. The van der Waals surface area contributed by atoms with Gasteiger partial charge in [-0.3, -0.25) is 9.00 Å². The molecule has 2 rings (SSSR count). The summed E-state index contributed by atoms with van der Waals surface area (Å²) in [6.07, 6.45) is 3.83. The molecule has 2 aliphatic heterocycles. The molecule has 2 heterocycles. The van der Waals surface area contributed by atoms with Crippen molar-refractivity contribution in [2.75, 3.05) is 24.7 Å². The molecule has 0 aromatic carbocycles. The zero-order chi connectivity index (χ0) is 13.2. The van der Waals surface area contributed by atoms with E-state index in [2.05, 4.69) is 0 Å². The molecule has 18 heavy (non-hydrogen) atoms. The van der Waals surface area contributed by atoms with E-state index in [1.807, 2.05) is 18.7 Å². The van der Waals surface area contributed by atoms with Gasteiger partial charge in [0.25, 0.3) is 0 Å². The van der Waals surface area contributed by atoms with Crippen molar-refractivity contribution in [3.05, 3.63) is 0 Å². The molecule has 1 amide bonds. The molecule has 0 aromatic heterocycles. The van der Waals surface area contributed by atoms with E-state index in [4.69, 9.17) is 4.74 Å². The number of hydrogen-bond donors (Lipinski definition) is 0. The van der Waals surface area contributed by atoms with Gasteiger partial charge in [-0.2, -0.15) is 0 Å². The lowest BCUT2D eigenvalue weighted by atomic mass is 10.0. The molecule has 0 radical (unpaired) electrons. The molecular formula is C13H23NO3S. The van der Waals surface area contributed by atoms with Crippen LogP contribution in [0.5, 0.6) is 0 Å². The minimum absolute atomic E-state index is 0.0921. The Morgan fingerprint density at radius 2 is 2.22 bits per heavy atom. The fourth-order valence-corrected chi connectivity index (χ4v) is 4.25. The van der Waals surface area contributed by atoms with Gasteiger partial charge in [0, 0.05) is 41.0 Å². The van der Waals surface area contributed by atoms with Crippen LogP contribution in [0.3, 0.4) is 0 Å². The van der Waals surface area contributed by atoms with E-state index in [1.54, 1.807) is 0 Å². The quantitative estimate of drug-likeness (QED) is 0.762. The Kier molecular flexibility index (Phi) is 4.43. The van der Waals surface area contributed by atoms with Crippen molar-refractivity contribution in [1.29, 1.82) is 0 Å². The third kappa shape index (κ3) is 3.32. The molecular weight excluding hydrogens is 250 g/mol. The number of carbonyl (C=O) groups excluding carboxylic acids is 1. The second-order valence-corrected chi connectivity index (χ2v) is 7.42. The minimum Gasteiger partial charge on any atom is -0.378 e. The lowest BCUT2D eigenvalue weighted by Gasteiger charge is -2.42. The van der Waals surface area contributed by atoms with Crippen LogP contribution < -0.4 is 0 Å². The zero-order valence-corrected chi connectivity index (χ0v) is 12.1. The molecule has 2 fully saturated rings. The molecule has 0 N–H and O–H groups in total. The van der Waals surface area contributed by atoms with Crippen molar-refractivity contribution in [2.24, 2.45) is 0 Å². The first-order chi connectivity index (χ1) is 8.49. The number of hydrogen-bond acceptors (Lipinski definition) is 3. The fourth-order valence-electron chi connectivity index (χ4n) is 2.78. The number of carbonyl (C=O) groups is 1. The van der Waals surface area contributed by atoms with Gasteiger partial charge < -0.3 is 9.64 Å². The summed E-state index contributed by atoms with van der Waals surface area (Å²) in [5.41, 5.74) is -0.283. The molecule has 104 valence electrons. The highest BCUT2D eigenvalue weighted by molar-refractivity contribution is 7.85. The summed E-state index contributed by atoms with van der Waals surface area (Å²) in [6, 6.07) is 0. The average Bonchev–Trinajstić information content (AvgIpc) is 2.28. The molecule has 5 heteroatoms. The van der Waals surface area contributed by atoms with Crippen LogP contribution in [0.15, 0.2) is 0 Å². The van der Waals surface area contributed by atoms with Crippen LogP contribution in [-0.2, 0) is 20.3 Å². The average molecular weight is 273 g/mol. The predicted octanol–water partition coefficient (Wildman–Crippen LogP) is 1.32. The maximum absolute atomic E-state index is 12.3. The minimum atomic E-state index is -0.779. The first-order valence-electron chi connectivity index (χ1n) is 6.76. The maximum Gasteiger partial charge on any atom is 0.225 e. The third-order valence-electron chi connectivity index (χ3n) is 3.76. The van der Waals surface area contributed by atoms with Crippen LogP contribution in [0.1, 0.15) is 39.5 Å². The normalized spacial score (nSPS) is 32.2. The summed E-state index contributed by atoms with van der Waals surface area (Å²) < 4.78 is 17.2. The van der Waals surface area contributed by atoms with Crippen molar-refractivity contribution in [2.45, 2.75) is 51.2 Å². The lowest BCUT2D eigenvalue weighted by molar-refractivity contribution is -0.139. The lowest BCUT2D eigenvalue weighted by Crippen LogP contribution is -2.56. The van der Waals surface area contributed by atoms with E-state index >= 15 is 0 Å². The van der Waals surface area contributed by atoms with E-state index in [0.717, 1.165) is 25.9 Å². The van der Waals surface area contributed by atoms with Crippen LogP contribution in [0.4, 0.5) is 0 Å². The van der Waals surface area contributed by atoms with E-state index in [1.165, 1.54) is 0 Å². The number of rotatable bonds is 2. The van der Waals surface area contributed by atoms with E-state index in [9.17, 15) is 9.00 Å². The van der Waals surface area contributed by atoms with Gasteiger partial charge in [-0.05, 0) is 33.1 Å². The number of ether oxygens (including phenoxy) is 1. The Labute approximate surface area is 112 Å². The standard InChI is InChI=1S/C13H23NO3S/c1-13(2)10-18(16)8-6-14(13)12(15)9-11-5-3-4-7-17-11/h11H,3-10H2,1-2H3/t11-,18-/m0/s1. The zero-order valence-electron chi connectivity index (χ0n) is 11.3. The summed E-state index contributed by atoms with van der Waals surface area (Å²) in [5, 5.41) is 0. The van der Waals surface area contributed by atoms with Crippen molar-refractivity contribution in [3.63, 3.8) is 0 Å². The SMILES string of the molecule is CC1(C)C[S@@](=O)CCN1C(=O)C[C@@H]1CCCCO1. The van der Waals surface area contributed by atoms with Crippen molar-refractivity contribution < 1.29 is 13.7 Å². The smallest absolute Gasteiger partial charge is 0.225 e. The van der Waals surface area contributed by atoms with Gasteiger partial charge in [0.05, 0.1) is 12.5 Å². The molecule has 0 unspecified atom stereocenters. The molecule has 2 saturated heterocycles. The van der Waals surface area contributed by atoms with Gasteiger partial charge in [-0.25, -0.2) is 0 Å².